The summed E-state index contributed by atoms with van der Waals surface area (Å²) >= 11 is 0. The summed E-state index contributed by atoms with van der Waals surface area (Å²) in [6.45, 7) is 0.757. The number of nitrogens with one attached hydrogen (secondary N) is 2. The lowest BCUT2D eigenvalue weighted by atomic mass is 10.1. The first-order valence-electron chi connectivity index (χ1n) is 9.34. The molecule has 0 bridgehead atoms. The quantitative estimate of drug-likeness (QED) is 0.719. The molecule has 0 saturated carbocycles. The van der Waals surface area contributed by atoms with E-state index >= 15 is 0 Å². The molecule has 6 nitrogen and oxygen atoms in total. The standard InChI is InChI=1S/C20H21N3O3S/c24-27(25,16-8-6-13-3-1-4-14(13)11-16)23-15-7-9-17-18(12-15)22-20(21-17)19-5-2-10-26-19/h6-9,11-12,19,23H,1-5,10H2,(H,21,22). The fraction of sp³-hybridized carbons (Fsp3) is 0.350. The zero-order valence-corrected chi connectivity index (χ0v) is 15.7. The van der Waals surface area contributed by atoms with E-state index in [2.05, 4.69) is 14.7 Å². The van der Waals surface area contributed by atoms with Crippen molar-refractivity contribution in [1.82, 2.24) is 9.97 Å². The number of aryl methyl sites for hydroxylation is 2. The summed E-state index contributed by atoms with van der Waals surface area (Å²) < 4.78 is 33.9. The number of hydrogen-bond donors (Lipinski definition) is 2. The lowest BCUT2D eigenvalue weighted by molar-refractivity contribution is 0.106. The summed E-state index contributed by atoms with van der Waals surface area (Å²) in [4.78, 5) is 8.15. The zero-order valence-electron chi connectivity index (χ0n) is 14.9. The van der Waals surface area contributed by atoms with E-state index in [0.717, 1.165) is 61.1 Å². The highest BCUT2D eigenvalue weighted by Crippen LogP contribution is 2.30. The van der Waals surface area contributed by atoms with Gasteiger partial charge in [0, 0.05) is 6.61 Å². The van der Waals surface area contributed by atoms with Crippen molar-refractivity contribution >= 4 is 26.7 Å². The van der Waals surface area contributed by atoms with Gasteiger partial charge in [-0.15, -0.1) is 0 Å². The topological polar surface area (TPSA) is 84.1 Å². The van der Waals surface area contributed by atoms with Crippen molar-refractivity contribution in [3.8, 4) is 0 Å². The van der Waals surface area contributed by atoms with Gasteiger partial charge in [-0.05, 0) is 73.6 Å². The van der Waals surface area contributed by atoms with Gasteiger partial charge in [-0.3, -0.25) is 4.72 Å². The lowest BCUT2D eigenvalue weighted by Crippen LogP contribution is -2.13. The molecule has 1 aliphatic carbocycles. The zero-order chi connectivity index (χ0) is 18.4. The number of anilines is 1. The fourth-order valence-corrected chi connectivity index (χ4v) is 5.07. The van der Waals surface area contributed by atoms with Crippen LogP contribution in [0.3, 0.4) is 0 Å². The van der Waals surface area contributed by atoms with Gasteiger partial charge in [0.2, 0.25) is 0 Å². The van der Waals surface area contributed by atoms with Crippen LogP contribution in [0.25, 0.3) is 11.0 Å². The molecule has 5 rings (SSSR count). The minimum absolute atomic E-state index is 0.00366. The number of rotatable bonds is 4. The summed E-state index contributed by atoms with van der Waals surface area (Å²) in [5.41, 5.74) is 4.53. The molecular formula is C20H21N3O3S. The molecule has 2 aromatic carbocycles. The molecule has 1 fully saturated rings. The second-order valence-corrected chi connectivity index (χ2v) is 8.93. The van der Waals surface area contributed by atoms with Crippen molar-refractivity contribution in [2.24, 2.45) is 0 Å². The highest BCUT2D eigenvalue weighted by Gasteiger charge is 2.22. The van der Waals surface area contributed by atoms with Gasteiger partial charge in [-0.25, -0.2) is 13.4 Å². The average Bonchev–Trinajstić information content (AvgIpc) is 3.39. The van der Waals surface area contributed by atoms with Crippen molar-refractivity contribution in [3.05, 3.63) is 53.3 Å². The van der Waals surface area contributed by atoms with E-state index in [-0.39, 0.29) is 6.10 Å². The maximum atomic E-state index is 12.8. The van der Waals surface area contributed by atoms with Gasteiger partial charge in [-0.2, -0.15) is 0 Å². The van der Waals surface area contributed by atoms with Crippen molar-refractivity contribution < 1.29 is 13.2 Å². The number of hydrogen-bond acceptors (Lipinski definition) is 4. The van der Waals surface area contributed by atoms with Crippen molar-refractivity contribution in [1.29, 1.82) is 0 Å². The number of nitrogens with zero attached hydrogens (tertiary/aromatic N) is 1. The Bertz CT molecular complexity index is 1110. The Morgan fingerprint density at radius 1 is 1.07 bits per heavy atom. The van der Waals surface area contributed by atoms with Crippen LogP contribution in [0.4, 0.5) is 5.69 Å². The summed E-state index contributed by atoms with van der Waals surface area (Å²) in [7, 11) is -3.62. The average molecular weight is 383 g/mol. The molecule has 3 aromatic rings. The molecule has 1 unspecified atom stereocenters. The van der Waals surface area contributed by atoms with Crippen LogP contribution in [0, 0.1) is 0 Å². The predicted molar refractivity (Wildman–Crippen MR) is 103 cm³/mol. The summed E-state index contributed by atoms with van der Waals surface area (Å²) in [5, 5.41) is 0. The summed E-state index contributed by atoms with van der Waals surface area (Å²) in [6, 6.07) is 10.8. The maximum Gasteiger partial charge on any atom is 0.261 e. The normalized spacial score (nSPS) is 19.5. The van der Waals surface area contributed by atoms with Gasteiger partial charge < -0.3 is 9.72 Å². The molecule has 27 heavy (non-hydrogen) atoms. The van der Waals surface area contributed by atoms with Gasteiger partial charge in [0.05, 0.1) is 21.6 Å². The smallest absolute Gasteiger partial charge is 0.261 e. The molecule has 0 spiro atoms. The highest BCUT2D eigenvalue weighted by molar-refractivity contribution is 7.92. The van der Waals surface area contributed by atoms with E-state index in [9.17, 15) is 8.42 Å². The number of fused-ring (bicyclic) bond motifs is 2. The lowest BCUT2D eigenvalue weighted by Gasteiger charge is -2.09. The third-order valence-corrected chi connectivity index (χ3v) is 6.75. The van der Waals surface area contributed by atoms with Crippen LogP contribution < -0.4 is 4.72 Å². The summed E-state index contributed by atoms with van der Waals surface area (Å²) in [6.07, 6.45) is 5.07. The van der Waals surface area contributed by atoms with Gasteiger partial charge in [0.1, 0.15) is 11.9 Å². The monoisotopic (exact) mass is 383 g/mol. The minimum atomic E-state index is -3.62. The molecule has 2 heterocycles. The number of H-pyrrole nitrogens is 1. The Balaban J connectivity index is 1.43. The van der Waals surface area contributed by atoms with Crippen LogP contribution in [0.5, 0.6) is 0 Å². The molecule has 7 heteroatoms. The first-order valence-corrected chi connectivity index (χ1v) is 10.8. The molecule has 2 N–H and O–H groups in total. The third-order valence-electron chi connectivity index (χ3n) is 5.37. The van der Waals surface area contributed by atoms with Crippen LogP contribution in [-0.2, 0) is 27.6 Å². The number of sulfonamides is 1. The van der Waals surface area contributed by atoms with Crippen LogP contribution in [0.1, 0.15) is 42.3 Å². The Kier molecular flexibility index (Phi) is 3.94. The third kappa shape index (κ3) is 3.11. The number of ether oxygens (including phenoxy) is 1. The van der Waals surface area contributed by atoms with Gasteiger partial charge in [0.15, 0.2) is 0 Å². The second kappa shape index (κ2) is 6.35. The molecule has 2 aliphatic rings. The molecule has 1 aromatic heterocycles. The fourth-order valence-electron chi connectivity index (χ4n) is 3.97. The van der Waals surface area contributed by atoms with E-state index in [1.807, 2.05) is 12.1 Å². The first-order chi connectivity index (χ1) is 13.1. The van der Waals surface area contributed by atoms with Crippen LogP contribution in [0.2, 0.25) is 0 Å². The van der Waals surface area contributed by atoms with Crippen molar-refractivity contribution in [3.63, 3.8) is 0 Å². The van der Waals surface area contributed by atoms with Gasteiger partial charge >= 0.3 is 0 Å². The number of benzene rings is 2. The molecular weight excluding hydrogens is 362 g/mol. The molecule has 0 radical (unpaired) electrons. The predicted octanol–water partition coefficient (Wildman–Crippen LogP) is 3.70. The van der Waals surface area contributed by atoms with Crippen molar-refractivity contribution in [2.45, 2.75) is 43.1 Å². The van der Waals surface area contributed by atoms with Gasteiger partial charge in [0.25, 0.3) is 10.0 Å². The Morgan fingerprint density at radius 3 is 2.81 bits per heavy atom. The highest BCUT2D eigenvalue weighted by atomic mass is 32.2. The van der Waals surface area contributed by atoms with E-state index in [1.165, 1.54) is 5.56 Å². The number of imidazole rings is 1. The number of aromatic amines is 1. The maximum absolute atomic E-state index is 12.8. The number of aromatic nitrogens is 2. The summed E-state index contributed by atoms with van der Waals surface area (Å²) in [5.74, 6) is 0.807. The van der Waals surface area contributed by atoms with E-state index in [0.29, 0.717) is 10.6 Å². The molecule has 1 atom stereocenters. The second-order valence-electron chi connectivity index (χ2n) is 7.25. The SMILES string of the molecule is O=S(=O)(Nc1ccc2nc(C3CCCO3)[nH]c2c1)c1ccc2c(c1)CCC2. The molecule has 0 amide bonds. The molecule has 1 saturated heterocycles. The van der Waals surface area contributed by atoms with E-state index in [1.54, 1.807) is 24.3 Å². The first kappa shape index (κ1) is 16.8. The Hall–Kier alpha value is -2.38. The van der Waals surface area contributed by atoms with E-state index < -0.39 is 10.0 Å². The largest absolute Gasteiger partial charge is 0.370 e. The Morgan fingerprint density at radius 2 is 1.96 bits per heavy atom. The molecule has 1 aliphatic heterocycles. The van der Waals surface area contributed by atoms with Crippen LogP contribution in [0.15, 0.2) is 41.3 Å². The minimum Gasteiger partial charge on any atom is -0.370 e. The van der Waals surface area contributed by atoms with Crippen molar-refractivity contribution in [2.75, 3.05) is 11.3 Å². The Labute approximate surface area is 158 Å². The van der Waals surface area contributed by atoms with Gasteiger partial charge in [-0.1, -0.05) is 6.07 Å². The van der Waals surface area contributed by atoms with Crippen LogP contribution in [-0.4, -0.2) is 25.0 Å². The van der Waals surface area contributed by atoms with E-state index in [4.69, 9.17) is 4.74 Å². The van der Waals surface area contributed by atoms with Crippen LogP contribution >= 0.6 is 0 Å². The molecule has 140 valence electrons.